The summed E-state index contributed by atoms with van der Waals surface area (Å²) in [6.07, 6.45) is 23.2. The molecule has 0 radical (unpaired) electrons. The van der Waals surface area contributed by atoms with E-state index in [0.717, 1.165) is 42.6 Å². The molecule has 2 aromatic rings. The number of hydrogen-bond donors (Lipinski definition) is 1. The minimum atomic E-state index is 0.515. The standard InChI is InChI=1S/C27H44.C9H13N.C8H10.C3H6.C2H4/c1-6-26-14-7-9-20(26)21-10-11-23-25(5)17-12-19(2)24(3,4)22(25)13-18-27(21,23)16-8-15-26;1-8-4-2-3-5-9(8)6-7-10;1-7-4-3-5-8(2)6-7;1-3-2;1-2/h6,19-23H,1,7-18H2,2-5H3;2-5H,6-7,10H2,1H3;3-6H,1-2H3;3H,1H2,2H3;1-2H2. The monoisotopic (exact) mass is 680 g/mol. The second kappa shape index (κ2) is 18.4. The van der Waals surface area contributed by atoms with Gasteiger partial charge in [-0.25, -0.2) is 0 Å². The van der Waals surface area contributed by atoms with E-state index in [1.165, 1.54) is 73.6 Å². The van der Waals surface area contributed by atoms with Crippen LogP contribution in [0.25, 0.3) is 0 Å². The molecule has 8 unspecified atom stereocenters. The molecule has 8 atom stereocenters. The van der Waals surface area contributed by atoms with Gasteiger partial charge in [0, 0.05) is 0 Å². The molecule has 2 N–H and O–H groups in total. The molecule has 1 heteroatoms. The van der Waals surface area contributed by atoms with E-state index in [2.05, 4.69) is 129 Å². The fourth-order valence-electron chi connectivity index (χ4n) is 12.4. The van der Waals surface area contributed by atoms with E-state index in [4.69, 9.17) is 5.73 Å². The highest BCUT2D eigenvalue weighted by atomic mass is 14.7. The molecule has 0 aromatic heterocycles. The van der Waals surface area contributed by atoms with E-state index in [1.807, 2.05) is 6.92 Å². The molecule has 5 aliphatic rings. The molecule has 5 fully saturated rings. The third-order valence-electron chi connectivity index (χ3n) is 14.9. The van der Waals surface area contributed by atoms with Gasteiger partial charge in [0.15, 0.2) is 0 Å². The molecule has 278 valence electrons. The van der Waals surface area contributed by atoms with Gasteiger partial charge < -0.3 is 5.73 Å². The molecular formula is C49H77N. The minimum Gasteiger partial charge on any atom is -0.330 e. The van der Waals surface area contributed by atoms with Crippen molar-refractivity contribution in [2.24, 2.45) is 57.0 Å². The van der Waals surface area contributed by atoms with Gasteiger partial charge in [-0.1, -0.05) is 112 Å². The number of allylic oxidation sites excluding steroid dienone is 2. The van der Waals surface area contributed by atoms with Crippen LogP contribution < -0.4 is 5.73 Å². The molecule has 0 amide bonds. The third kappa shape index (κ3) is 8.62. The van der Waals surface area contributed by atoms with Crippen LogP contribution in [0.3, 0.4) is 0 Å². The van der Waals surface area contributed by atoms with Crippen molar-refractivity contribution in [1.29, 1.82) is 0 Å². The smallest absolute Gasteiger partial charge is 0.00366 e. The molecule has 50 heavy (non-hydrogen) atoms. The molecule has 0 aliphatic heterocycles. The Morgan fingerprint density at radius 1 is 0.740 bits per heavy atom. The van der Waals surface area contributed by atoms with Crippen molar-refractivity contribution in [3.05, 3.63) is 109 Å². The Labute approximate surface area is 310 Å². The lowest BCUT2D eigenvalue weighted by Crippen LogP contribution is -2.57. The van der Waals surface area contributed by atoms with E-state index in [1.54, 1.807) is 31.8 Å². The summed E-state index contributed by atoms with van der Waals surface area (Å²) in [5.74, 6) is 4.86. The summed E-state index contributed by atoms with van der Waals surface area (Å²) in [5.41, 5.74) is 13.2. The maximum Gasteiger partial charge on any atom is -0.00366 e. The van der Waals surface area contributed by atoms with Crippen molar-refractivity contribution >= 4 is 0 Å². The van der Waals surface area contributed by atoms with Crippen LogP contribution in [0, 0.1) is 72.0 Å². The van der Waals surface area contributed by atoms with Crippen molar-refractivity contribution in [2.45, 2.75) is 139 Å². The minimum absolute atomic E-state index is 0.515. The Balaban J connectivity index is 0.000000241. The lowest BCUT2D eigenvalue weighted by atomic mass is 9.40. The van der Waals surface area contributed by atoms with Gasteiger partial charge >= 0.3 is 0 Å². The molecule has 0 saturated heterocycles. The molecule has 2 aromatic carbocycles. The van der Waals surface area contributed by atoms with Crippen LogP contribution in [-0.2, 0) is 6.42 Å². The first kappa shape index (κ1) is 42.0. The Kier molecular flexibility index (Phi) is 15.5. The molecule has 1 nitrogen and oxygen atoms in total. The quantitative estimate of drug-likeness (QED) is 0.321. The van der Waals surface area contributed by atoms with Gasteiger partial charge in [-0.2, -0.15) is 0 Å². The van der Waals surface area contributed by atoms with Gasteiger partial charge in [0.1, 0.15) is 0 Å². The number of benzene rings is 2. The summed E-state index contributed by atoms with van der Waals surface area (Å²) in [7, 11) is 0. The lowest BCUT2D eigenvalue weighted by molar-refractivity contribution is -0.155. The zero-order valence-electron chi connectivity index (χ0n) is 34.0. The van der Waals surface area contributed by atoms with Gasteiger partial charge in [0.05, 0.1) is 0 Å². The fourth-order valence-corrected chi connectivity index (χ4v) is 12.4. The predicted molar refractivity (Wildman–Crippen MR) is 222 cm³/mol. The number of fused-ring (bicyclic) bond motifs is 4. The Morgan fingerprint density at radius 3 is 1.96 bits per heavy atom. The summed E-state index contributed by atoms with van der Waals surface area (Å²) >= 11 is 0. The van der Waals surface area contributed by atoms with E-state index < -0.39 is 0 Å². The average Bonchev–Trinajstić information content (AvgIpc) is 3.66. The van der Waals surface area contributed by atoms with Gasteiger partial charge in [0.2, 0.25) is 0 Å². The molecule has 7 rings (SSSR count). The molecule has 0 heterocycles. The van der Waals surface area contributed by atoms with Crippen LogP contribution in [0.4, 0.5) is 0 Å². The van der Waals surface area contributed by atoms with Crippen LogP contribution in [0.1, 0.15) is 134 Å². The summed E-state index contributed by atoms with van der Waals surface area (Å²) in [5, 5.41) is 0. The zero-order valence-corrected chi connectivity index (χ0v) is 34.0. The SMILES string of the molecule is C=C.C=CC.C=CC12CCCC1C1CCC3C4(C)CCC(C)C(C)(C)C4CCC13CCC2.Cc1cccc(C)c1.Cc1ccccc1CCN. The lowest BCUT2D eigenvalue weighted by Gasteiger charge is -2.64. The number of rotatable bonds is 3. The van der Waals surface area contributed by atoms with E-state index in [9.17, 15) is 0 Å². The van der Waals surface area contributed by atoms with Gasteiger partial charge in [-0.15, -0.1) is 26.3 Å². The highest BCUT2D eigenvalue weighted by molar-refractivity contribution is 5.25. The molecule has 5 saturated carbocycles. The predicted octanol–water partition coefficient (Wildman–Crippen LogP) is 13.8. The summed E-state index contributed by atoms with van der Waals surface area (Å²) in [6.45, 7) is 33.3. The number of hydrogen-bond acceptors (Lipinski definition) is 1. The van der Waals surface area contributed by atoms with E-state index in [-0.39, 0.29) is 0 Å². The average molecular weight is 680 g/mol. The maximum absolute atomic E-state index is 5.43. The van der Waals surface area contributed by atoms with E-state index in [0.29, 0.717) is 21.7 Å². The highest BCUT2D eigenvalue weighted by Gasteiger charge is 2.67. The first-order chi connectivity index (χ1) is 23.8. The van der Waals surface area contributed by atoms with E-state index >= 15 is 0 Å². The second-order valence-corrected chi connectivity index (χ2v) is 17.6. The first-order valence-corrected chi connectivity index (χ1v) is 20.3. The summed E-state index contributed by atoms with van der Waals surface area (Å²) in [4.78, 5) is 0. The Bertz CT molecular complexity index is 1340. The number of nitrogens with two attached hydrogens (primary N) is 1. The van der Waals surface area contributed by atoms with Gasteiger partial charge in [0.25, 0.3) is 0 Å². The normalized spacial score (nSPS) is 34.2. The second-order valence-electron chi connectivity index (χ2n) is 17.6. The summed E-state index contributed by atoms with van der Waals surface area (Å²) < 4.78 is 0. The van der Waals surface area contributed by atoms with Crippen molar-refractivity contribution in [3.63, 3.8) is 0 Å². The van der Waals surface area contributed by atoms with Crippen LogP contribution >= 0.6 is 0 Å². The van der Waals surface area contributed by atoms with Crippen LogP contribution in [-0.4, -0.2) is 6.54 Å². The van der Waals surface area contributed by atoms with Crippen molar-refractivity contribution in [1.82, 2.24) is 0 Å². The highest BCUT2D eigenvalue weighted by Crippen LogP contribution is 2.75. The molecule has 5 aliphatic carbocycles. The largest absolute Gasteiger partial charge is 0.330 e. The van der Waals surface area contributed by atoms with Gasteiger partial charge in [-0.3, -0.25) is 0 Å². The molecule has 0 bridgehead atoms. The zero-order chi connectivity index (χ0) is 37.2. The van der Waals surface area contributed by atoms with Gasteiger partial charge in [-0.05, 0) is 167 Å². The first-order valence-electron chi connectivity index (χ1n) is 20.3. The molecule has 1 spiro atoms. The van der Waals surface area contributed by atoms with Crippen LogP contribution in [0.2, 0.25) is 0 Å². The third-order valence-corrected chi connectivity index (χ3v) is 14.9. The van der Waals surface area contributed by atoms with Crippen LogP contribution in [0.15, 0.2) is 87.0 Å². The number of aryl methyl sites for hydroxylation is 3. The van der Waals surface area contributed by atoms with Crippen molar-refractivity contribution in [3.8, 4) is 0 Å². The van der Waals surface area contributed by atoms with Crippen LogP contribution in [0.5, 0.6) is 0 Å². The topological polar surface area (TPSA) is 26.0 Å². The fraction of sp³-hybridized carbons (Fsp3) is 0.633. The van der Waals surface area contributed by atoms with Crippen molar-refractivity contribution in [2.75, 3.05) is 6.54 Å². The van der Waals surface area contributed by atoms with Crippen molar-refractivity contribution < 1.29 is 0 Å². The Hall–Kier alpha value is -2.38. The summed E-state index contributed by atoms with van der Waals surface area (Å²) in [6, 6.07) is 16.8. The Morgan fingerprint density at radius 2 is 1.38 bits per heavy atom. The molecular weight excluding hydrogens is 603 g/mol. The maximum atomic E-state index is 5.43.